The summed E-state index contributed by atoms with van der Waals surface area (Å²) in [6.45, 7) is 1.91. The second-order valence-corrected chi connectivity index (χ2v) is 5.40. The molecular formula is C18H15FN4O. The molecule has 24 heavy (non-hydrogen) atoms. The molecule has 6 heteroatoms. The lowest BCUT2D eigenvalue weighted by atomic mass is 9.96. The monoisotopic (exact) mass is 322 g/mol. The van der Waals surface area contributed by atoms with Crippen molar-refractivity contribution >= 4 is 22.8 Å². The van der Waals surface area contributed by atoms with Gasteiger partial charge in [-0.2, -0.15) is 4.99 Å². The van der Waals surface area contributed by atoms with Gasteiger partial charge < -0.3 is 11.5 Å². The van der Waals surface area contributed by atoms with E-state index in [2.05, 4.69) is 9.98 Å². The maximum Gasteiger partial charge on any atom is 0.280 e. The molecule has 0 saturated heterocycles. The van der Waals surface area contributed by atoms with E-state index in [0.29, 0.717) is 5.56 Å². The second kappa shape index (κ2) is 6.08. The quantitative estimate of drug-likeness (QED) is 0.560. The predicted molar refractivity (Wildman–Crippen MR) is 92.0 cm³/mol. The van der Waals surface area contributed by atoms with Crippen LogP contribution in [0.25, 0.3) is 22.0 Å². The van der Waals surface area contributed by atoms with E-state index in [0.717, 1.165) is 27.6 Å². The van der Waals surface area contributed by atoms with Crippen LogP contribution in [0.1, 0.15) is 15.9 Å². The summed E-state index contributed by atoms with van der Waals surface area (Å²) >= 11 is 0. The van der Waals surface area contributed by atoms with Gasteiger partial charge in [-0.15, -0.1) is 0 Å². The Hall–Kier alpha value is -3.28. The van der Waals surface area contributed by atoms with Crippen LogP contribution >= 0.6 is 0 Å². The molecule has 4 N–H and O–H groups in total. The number of fused-ring (bicyclic) bond motifs is 1. The average Bonchev–Trinajstić information content (AvgIpc) is 2.55. The van der Waals surface area contributed by atoms with Gasteiger partial charge in [0.1, 0.15) is 5.82 Å². The van der Waals surface area contributed by atoms with E-state index in [9.17, 15) is 9.18 Å². The van der Waals surface area contributed by atoms with Gasteiger partial charge in [-0.1, -0.05) is 12.1 Å². The number of halogens is 1. The van der Waals surface area contributed by atoms with Crippen molar-refractivity contribution in [3.05, 3.63) is 65.6 Å². The van der Waals surface area contributed by atoms with Gasteiger partial charge in [0.25, 0.3) is 5.91 Å². The summed E-state index contributed by atoms with van der Waals surface area (Å²) in [5.41, 5.74) is 14.2. The van der Waals surface area contributed by atoms with Gasteiger partial charge in [-0.3, -0.25) is 9.78 Å². The number of carbonyl (C=O) groups excluding carboxylic acids is 1. The second-order valence-electron chi connectivity index (χ2n) is 5.40. The van der Waals surface area contributed by atoms with Crippen LogP contribution in [0.4, 0.5) is 4.39 Å². The summed E-state index contributed by atoms with van der Waals surface area (Å²) in [6, 6.07) is 11.2. The predicted octanol–water partition coefficient (Wildman–Crippen LogP) is 2.76. The largest absolute Gasteiger partial charge is 0.370 e. The summed E-state index contributed by atoms with van der Waals surface area (Å²) in [7, 11) is 0. The van der Waals surface area contributed by atoms with Gasteiger partial charge in [-0.05, 0) is 53.9 Å². The smallest absolute Gasteiger partial charge is 0.280 e. The fraction of sp³-hybridized carbons (Fsp3) is 0.0556. The van der Waals surface area contributed by atoms with E-state index in [4.69, 9.17) is 11.5 Å². The molecule has 0 radical (unpaired) electrons. The molecular weight excluding hydrogens is 307 g/mol. The number of hydrogen-bond donors (Lipinski definition) is 2. The van der Waals surface area contributed by atoms with E-state index in [1.54, 1.807) is 36.5 Å². The standard InChI is InChI=1S/C18H15FN4O/c1-10-9-22-15-7-4-12(17(24)23-18(20)21)8-14(15)16(10)11-2-5-13(19)6-3-11/h2-9H,1H3,(H4,20,21,23,24). The SMILES string of the molecule is Cc1cnc2ccc(C(=O)N=C(N)N)cc2c1-c1ccc(F)cc1. The van der Waals surface area contributed by atoms with Crippen molar-refractivity contribution < 1.29 is 9.18 Å². The summed E-state index contributed by atoms with van der Waals surface area (Å²) in [5.74, 6) is -1.12. The highest BCUT2D eigenvalue weighted by Gasteiger charge is 2.12. The van der Waals surface area contributed by atoms with Gasteiger partial charge in [0.15, 0.2) is 5.96 Å². The van der Waals surface area contributed by atoms with Crippen LogP contribution in [0.15, 0.2) is 53.7 Å². The Kier molecular flexibility index (Phi) is 3.95. The third-order valence-corrected chi connectivity index (χ3v) is 3.67. The third-order valence-electron chi connectivity index (χ3n) is 3.67. The van der Waals surface area contributed by atoms with Crippen molar-refractivity contribution in [1.82, 2.24) is 4.98 Å². The molecule has 120 valence electrons. The number of amides is 1. The first-order valence-corrected chi connectivity index (χ1v) is 7.25. The number of aromatic nitrogens is 1. The number of nitrogens with two attached hydrogens (primary N) is 2. The van der Waals surface area contributed by atoms with E-state index >= 15 is 0 Å². The summed E-state index contributed by atoms with van der Waals surface area (Å²) in [5, 5.41) is 0.776. The highest BCUT2D eigenvalue weighted by Crippen LogP contribution is 2.31. The zero-order chi connectivity index (χ0) is 17.3. The van der Waals surface area contributed by atoms with Crippen LogP contribution in [0.5, 0.6) is 0 Å². The normalized spacial score (nSPS) is 10.6. The summed E-state index contributed by atoms with van der Waals surface area (Å²) in [4.78, 5) is 20.0. The molecule has 0 aliphatic heterocycles. The number of pyridine rings is 1. The van der Waals surface area contributed by atoms with Gasteiger partial charge in [0, 0.05) is 17.1 Å². The first-order chi connectivity index (χ1) is 11.5. The van der Waals surface area contributed by atoms with Crippen LogP contribution in [-0.4, -0.2) is 16.9 Å². The van der Waals surface area contributed by atoms with Crippen molar-refractivity contribution in [2.75, 3.05) is 0 Å². The van der Waals surface area contributed by atoms with Crippen molar-refractivity contribution in [3.8, 4) is 11.1 Å². The number of rotatable bonds is 2. The van der Waals surface area contributed by atoms with E-state index in [1.165, 1.54) is 12.1 Å². The van der Waals surface area contributed by atoms with Gasteiger partial charge in [0.2, 0.25) is 0 Å². The molecule has 0 saturated carbocycles. The van der Waals surface area contributed by atoms with Gasteiger partial charge >= 0.3 is 0 Å². The van der Waals surface area contributed by atoms with Gasteiger partial charge in [-0.25, -0.2) is 4.39 Å². The van der Waals surface area contributed by atoms with Crippen LogP contribution in [0, 0.1) is 12.7 Å². The Balaban J connectivity index is 2.24. The maximum absolute atomic E-state index is 13.2. The van der Waals surface area contributed by atoms with E-state index in [1.807, 2.05) is 6.92 Å². The van der Waals surface area contributed by atoms with Crippen molar-refractivity contribution in [1.29, 1.82) is 0 Å². The number of aliphatic imine (C=N–C) groups is 1. The fourth-order valence-electron chi connectivity index (χ4n) is 2.61. The molecule has 0 spiro atoms. The van der Waals surface area contributed by atoms with E-state index < -0.39 is 5.91 Å². The zero-order valence-corrected chi connectivity index (χ0v) is 13.0. The molecule has 0 atom stereocenters. The van der Waals surface area contributed by atoms with Gasteiger partial charge in [0.05, 0.1) is 5.52 Å². The molecule has 3 rings (SSSR count). The van der Waals surface area contributed by atoms with Crippen molar-refractivity contribution in [2.24, 2.45) is 16.5 Å². The first-order valence-electron chi connectivity index (χ1n) is 7.25. The molecule has 3 aromatic rings. The van der Waals surface area contributed by atoms with Crippen molar-refractivity contribution in [3.63, 3.8) is 0 Å². The molecule has 5 nitrogen and oxygen atoms in total. The molecule has 0 aliphatic rings. The Morgan fingerprint density at radius 3 is 2.50 bits per heavy atom. The number of hydrogen-bond acceptors (Lipinski definition) is 2. The maximum atomic E-state index is 13.2. The third kappa shape index (κ3) is 2.94. The topological polar surface area (TPSA) is 94.4 Å². The number of carbonyl (C=O) groups is 1. The Labute approximate surface area is 137 Å². The molecule has 0 fully saturated rings. The minimum Gasteiger partial charge on any atom is -0.370 e. The minimum absolute atomic E-state index is 0.291. The average molecular weight is 322 g/mol. The molecule has 2 aromatic carbocycles. The van der Waals surface area contributed by atoms with Crippen LogP contribution in [0.3, 0.4) is 0 Å². The minimum atomic E-state index is -0.525. The zero-order valence-electron chi connectivity index (χ0n) is 13.0. The summed E-state index contributed by atoms with van der Waals surface area (Å²) < 4.78 is 13.2. The Morgan fingerprint density at radius 2 is 1.83 bits per heavy atom. The van der Waals surface area contributed by atoms with Crippen LogP contribution in [-0.2, 0) is 0 Å². The van der Waals surface area contributed by atoms with Crippen LogP contribution < -0.4 is 11.5 Å². The lowest BCUT2D eigenvalue weighted by Gasteiger charge is -2.11. The molecule has 0 unspecified atom stereocenters. The highest BCUT2D eigenvalue weighted by atomic mass is 19.1. The number of nitrogens with zero attached hydrogens (tertiary/aromatic N) is 2. The first kappa shape index (κ1) is 15.6. The molecule has 1 heterocycles. The molecule has 1 amide bonds. The molecule has 1 aromatic heterocycles. The Morgan fingerprint density at radius 1 is 1.12 bits per heavy atom. The van der Waals surface area contributed by atoms with Crippen LogP contribution in [0.2, 0.25) is 0 Å². The molecule has 0 bridgehead atoms. The fourth-order valence-corrected chi connectivity index (χ4v) is 2.61. The lowest BCUT2D eigenvalue weighted by Crippen LogP contribution is -2.24. The van der Waals surface area contributed by atoms with Crippen molar-refractivity contribution in [2.45, 2.75) is 6.92 Å². The Bertz CT molecular complexity index is 961. The number of guanidine groups is 1. The van der Waals surface area contributed by atoms with E-state index in [-0.39, 0.29) is 11.8 Å². The number of aryl methyl sites for hydroxylation is 1. The molecule has 0 aliphatic carbocycles. The highest BCUT2D eigenvalue weighted by molar-refractivity contribution is 6.06. The number of benzene rings is 2. The summed E-state index contributed by atoms with van der Waals surface area (Å²) in [6.07, 6.45) is 1.75. The lowest BCUT2D eigenvalue weighted by molar-refractivity contribution is 0.100.